The van der Waals surface area contributed by atoms with Crippen LogP contribution in [0.3, 0.4) is 0 Å². The van der Waals surface area contributed by atoms with Gasteiger partial charge >= 0.3 is 0 Å². The minimum Gasteiger partial charge on any atom is -0.357 e. The summed E-state index contributed by atoms with van der Waals surface area (Å²) >= 11 is 0. The van der Waals surface area contributed by atoms with E-state index in [9.17, 15) is 4.79 Å². The van der Waals surface area contributed by atoms with Crippen LogP contribution in [0.2, 0.25) is 0 Å². The Morgan fingerprint density at radius 2 is 1.88 bits per heavy atom. The molecule has 3 rings (SSSR count). The van der Waals surface area contributed by atoms with Crippen LogP contribution in [0.1, 0.15) is 42.2 Å². The smallest absolute Gasteiger partial charge is 0.272 e. The van der Waals surface area contributed by atoms with E-state index in [-0.39, 0.29) is 5.91 Å². The molecule has 126 valence electrons. The summed E-state index contributed by atoms with van der Waals surface area (Å²) in [6.07, 6.45) is 5.15. The predicted octanol–water partition coefficient (Wildman–Crippen LogP) is 3.13. The second-order valence-electron chi connectivity index (χ2n) is 6.11. The molecule has 0 bridgehead atoms. The zero-order chi connectivity index (χ0) is 16.8. The highest BCUT2D eigenvalue weighted by Gasteiger charge is 2.19. The van der Waals surface area contributed by atoms with Crippen molar-refractivity contribution in [3.63, 3.8) is 0 Å². The number of hydrogen-bond acceptors (Lipinski definition) is 4. The van der Waals surface area contributed by atoms with Gasteiger partial charge in [-0.15, -0.1) is 0 Å². The van der Waals surface area contributed by atoms with Crippen LogP contribution < -0.4 is 4.90 Å². The van der Waals surface area contributed by atoms with Crippen molar-refractivity contribution in [3.8, 4) is 0 Å². The van der Waals surface area contributed by atoms with Gasteiger partial charge in [0.2, 0.25) is 0 Å². The van der Waals surface area contributed by atoms with Crippen molar-refractivity contribution in [2.75, 3.05) is 24.5 Å². The second-order valence-corrected chi connectivity index (χ2v) is 6.11. The average Bonchev–Trinajstić information content (AvgIpc) is 2.67. The number of nitrogens with zero attached hydrogens (tertiary/aromatic N) is 4. The van der Waals surface area contributed by atoms with E-state index in [2.05, 4.69) is 14.9 Å². The van der Waals surface area contributed by atoms with Crippen molar-refractivity contribution in [1.29, 1.82) is 0 Å². The molecule has 2 heterocycles. The Hall–Kier alpha value is -2.43. The molecular formula is C19H24N4O. The number of rotatable bonds is 5. The van der Waals surface area contributed by atoms with E-state index >= 15 is 0 Å². The van der Waals surface area contributed by atoms with Gasteiger partial charge in [-0.2, -0.15) is 0 Å². The lowest BCUT2D eigenvalue weighted by Gasteiger charge is -2.28. The Bertz CT molecular complexity index is 668. The summed E-state index contributed by atoms with van der Waals surface area (Å²) in [5, 5.41) is 0. The molecule has 1 aromatic carbocycles. The van der Waals surface area contributed by atoms with Gasteiger partial charge in [0.1, 0.15) is 17.8 Å². The van der Waals surface area contributed by atoms with Gasteiger partial charge in [0.05, 0.1) is 0 Å². The maximum absolute atomic E-state index is 12.8. The van der Waals surface area contributed by atoms with Crippen molar-refractivity contribution < 1.29 is 4.79 Å². The van der Waals surface area contributed by atoms with Gasteiger partial charge in [-0.25, -0.2) is 9.97 Å². The Balaban J connectivity index is 1.75. The maximum Gasteiger partial charge on any atom is 0.272 e. The molecule has 0 atom stereocenters. The van der Waals surface area contributed by atoms with Crippen LogP contribution in [0, 0.1) is 0 Å². The van der Waals surface area contributed by atoms with Gasteiger partial charge < -0.3 is 9.80 Å². The molecule has 1 aliphatic heterocycles. The van der Waals surface area contributed by atoms with Gasteiger partial charge in [0.15, 0.2) is 0 Å². The third-order valence-electron chi connectivity index (χ3n) is 4.44. The molecule has 2 aromatic rings. The van der Waals surface area contributed by atoms with Crippen LogP contribution in [0.5, 0.6) is 0 Å². The quantitative estimate of drug-likeness (QED) is 0.848. The van der Waals surface area contributed by atoms with E-state index in [0.717, 1.165) is 24.5 Å². The number of anilines is 1. The highest BCUT2D eigenvalue weighted by atomic mass is 16.2. The number of amides is 1. The zero-order valence-electron chi connectivity index (χ0n) is 14.2. The molecule has 0 aliphatic carbocycles. The predicted molar refractivity (Wildman–Crippen MR) is 95.0 cm³/mol. The van der Waals surface area contributed by atoms with Crippen molar-refractivity contribution in [2.45, 2.75) is 32.7 Å². The van der Waals surface area contributed by atoms with Gasteiger partial charge in [-0.3, -0.25) is 4.79 Å². The highest BCUT2D eigenvalue weighted by molar-refractivity contribution is 5.92. The Labute approximate surface area is 143 Å². The Morgan fingerprint density at radius 3 is 2.58 bits per heavy atom. The molecule has 1 aliphatic rings. The first kappa shape index (κ1) is 16.4. The minimum absolute atomic E-state index is 0.0398. The van der Waals surface area contributed by atoms with Crippen molar-refractivity contribution in [2.24, 2.45) is 0 Å². The average molecular weight is 324 g/mol. The monoisotopic (exact) mass is 324 g/mol. The van der Waals surface area contributed by atoms with E-state index in [1.54, 1.807) is 0 Å². The number of carbonyl (C=O) groups excluding carboxylic acids is 1. The van der Waals surface area contributed by atoms with Crippen molar-refractivity contribution >= 4 is 11.7 Å². The fraction of sp³-hybridized carbons (Fsp3) is 0.421. The molecule has 1 aromatic heterocycles. The lowest BCUT2D eigenvalue weighted by molar-refractivity contribution is 0.0746. The molecule has 5 heteroatoms. The number of piperidine rings is 1. The van der Waals surface area contributed by atoms with Crippen LogP contribution in [0.25, 0.3) is 0 Å². The van der Waals surface area contributed by atoms with E-state index < -0.39 is 0 Å². The first-order valence-corrected chi connectivity index (χ1v) is 8.68. The third kappa shape index (κ3) is 3.91. The van der Waals surface area contributed by atoms with Crippen LogP contribution in [-0.2, 0) is 6.54 Å². The number of hydrogen-bond donors (Lipinski definition) is 0. The van der Waals surface area contributed by atoms with Gasteiger partial charge in [-0.1, -0.05) is 30.3 Å². The lowest BCUT2D eigenvalue weighted by Crippen LogP contribution is -2.33. The van der Waals surface area contributed by atoms with E-state index in [0.29, 0.717) is 18.8 Å². The summed E-state index contributed by atoms with van der Waals surface area (Å²) in [6, 6.07) is 11.9. The molecule has 0 unspecified atom stereocenters. The molecule has 5 nitrogen and oxygen atoms in total. The van der Waals surface area contributed by atoms with Gasteiger partial charge in [-0.05, 0) is 31.7 Å². The second kappa shape index (κ2) is 7.90. The summed E-state index contributed by atoms with van der Waals surface area (Å²) < 4.78 is 0. The summed E-state index contributed by atoms with van der Waals surface area (Å²) in [5.41, 5.74) is 1.60. The largest absolute Gasteiger partial charge is 0.357 e. The fourth-order valence-corrected chi connectivity index (χ4v) is 3.05. The summed E-state index contributed by atoms with van der Waals surface area (Å²) in [4.78, 5) is 25.5. The number of carbonyl (C=O) groups is 1. The Morgan fingerprint density at radius 1 is 1.12 bits per heavy atom. The molecular weight excluding hydrogens is 300 g/mol. The van der Waals surface area contributed by atoms with Crippen LogP contribution >= 0.6 is 0 Å². The molecule has 0 radical (unpaired) electrons. The first-order chi connectivity index (χ1) is 11.8. The minimum atomic E-state index is -0.0398. The molecule has 1 amide bonds. The Kier molecular flexibility index (Phi) is 5.41. The zero-order valence-corrected chi connectivity index (χ0v) is 14.2. The van der Waals surface area contributed by atoms with Crippen LogP contribution in [0.4, 0.5) is 5.82 Å². The molecule has 0 spiro atoms. The first-order valence-electron chi connectivity index (χ1n) is 8.68. The van der Waals surface area contributed by atoms with Crippen LogP contribution in [-0.4, -0.2) is 40.4 Å². The number of aromatic nitrogens is 2. The van der Waals surface area contributed by atoms with E-state index in [4.69, 9.17) is 0 Å². The molecule has 0 N–H and O–H groups in total. The lowest BCUT2D eigenvalue weighted by atomic mass is 10.1. The van der Waals surface area contributed by atoms with E-state index in [1.807, 2.05) is 48.2 Å². The molecule has 0 saturated carbocycles. The third-order valence-corrected chi connectivity index (χ3v) is 4.44. The van der Waals surface area contributed by atoms with Gasteiger partial charge in [0.25, 0.3) is 5.91 Å². The standard InChI is InChI=1S/C19H24N4O/c1-2-22(14-16-9-5-3-6-10-16)19(24)17-13-18(21-15-20-17)23-11-7-4-8-12-23/h3,5-6,9-10,13,15H,2,4,7-8,11-12,14H2,1H3. The van der Waals surface area contributed by atoms with Gasteiger partial charge in [0, 0.05) is 32.2 Å². The SMILES string of the molecule is CCN(Cc1ccccc1)C(=O)c1cc(N2CCCCC2)ncn1. The van der Waals surface area contributed by atoms with Crippen LogP contribution in [0.15, 0.2) is 42.7 Å². The van der Waals surface area contributed by atoms with Crippen molar-refractivity contribution in [3.05, 3.63) is 54.0 Å². The normalized spacial score (nSPS) is 14.5. The number of benzene rings is 1. The molecule has 24 heavy (non-hydrogen) atoms. The van der Waals surface area contributed by atoms with Crippen molar-refractivity contribution in [1.82, 2.24) is 14.9 Å². The maximum atomic E-state index is 12.8. The summed E-state index contributed by atoms with van der Waals surface area (Å²) in [5.74, 6) is 0.825. The summed E-state index contributed by atoms with van der Waals surface area (Å²) in [7, 11) is 0. The topological polar surface area (TPSA) is 49.3 Å². The molecule has 1 saturated heterocycles. The fourth-order valence-electron chi connectivity index (χ4n) is 3.05. The van der Waals surface area contributed by atoms with E-state index in [1.165, 1.54) is 25.6 Å². The highest BCUT2D eigenvalue weighted by Crippen LogP contribution is 2.18. The molecule has 1 fully saturated rings. The summed E-state index contributed by atoms with van der Waals surface area (Å²) in [6.45, 7) is 5.25.